The van der Waals surface area contributed by atoms with Gasteiger partial charge in [0.05, 0.1) is 33.0 Å². The third kappa shape index (κ3) is 8.72. The van der Waals surface area contributed by atoms with Crippen molar-refractivity contribution >= 4 is 5.91 Å². The molecule has 0 aromatic heterocycles. The highest BCUT2D eigenvalue weighted by Gasteiger charge is 2.32. The molecule has 0 unspecified atom stereocenters. The van der Waals surface area contributed by atoms with Crippen molar-refractivity contribution in [3.05, 3.63) is 77.9 Å². The topological polar surface area (TPSA) is 78.5 Å². The lowest BCUT2D eigenvalue weighted by Crippen LogP contribution is -2.43. The van der Waals surface area contributed by atoms with Gasteiger partial charge in [0, 0.05) is 62.9 Å². The van der Waals surface area contributed by atoms with Crippen molar-refractivity contribution in [1.29, 1.82) is 0 Å². The van der Waals surface area contributed by atoms with Crippen molar-refractivity contribution < 1.29 is 28.5 Å². The van der Waals surface area contributed by atoms with Crippen LogP contribution in [0.1, 0.15) is 43.1 Å². The molecule has 0 radical (unpaired) electrons. The number of rotatable bonds is 16. The quantitative estimate of drug-likeness (QED) is 0.210. The molecular weight excluding hydrogens is 544 g/mol. The number of para-hydroxylation sites is 1. The van der Waals surface area contributed by atoms with Crippen LogP contribution in [0.25, 0.3) is 11.1 Å². The molecule has 232 valence electrons. The standard InChI is InChI=1S/C35H46N2O6/c1-6-41-31-14-8-7-13-30(31)27-12-9-11-26(19-27)24-43-34-22-36-21-29(34)23-37(25(2)3)35(38)28-15-16-32(40-5)33(20-28)42-18-10-17-39-4/h7-9,11-16,19-20,25,29,34,36H,6,10,17-18,21-24H2,1-5H3/t29-,34+/m0/s1. The SMILES string of the molecule is CCOc1ccccc1-c1cccc(CO[C@@H]2CNC[C@H]2CN(C(=O)c2ccc(OC)c(OCCCOC)c2)C(C)C)c1. The van der Waals surface area contributed by atoms with Crippen LogP contribution in [0.15, 0.2) is 66.7 Å². The summed E-state index contributed by atoms with van der Waals surface area (Å²) < 4.78 is 28.8. The van der Waals surface area contributed by atoms with Gasteiger partial charge in [-0.15, -0.1) is 0 Å². The molecule has 2 atom stereocenters. The summed E-state index contributed by atoms with van der Waals surface area (Å²) in [5, 5.41) is 3.47. The smallest absolute Gasteiger partial charge is 0.254 e. The highest BCUT2D eigenvalue weighted by Crippen LogP contribution is 2.31. The lowest BCUT2D eigenvalue weighted by atomic mass is 10.0. The maximum atomic E-state index is 13.8. The van der Waals surface area contributed by atoms with Crippen molar-refractivity contribution in [2.45, 2.75) is 45.9 Å². The molecule has 4 rings (SSSR count). The zero-order chi connectivity index (χ0) is 30.6. The van der Waals surface area contributed by atoms with Crippen LogP contribution in [0.2, 0.25) is 0 Å². The maximum Gasteiger partial charge on any atom is 0.254 e. The van der Waals surface area contributed by atoms with Crippen molar-refractivity contribution in [3.8, 4) is 28.4 Å². The van der Waals surface area contributed by atoms with E-state index in [2.05, 4.69) is 35.6 Å². The Hall–Kier alpha value is -3.59. The molecule has 8 heteroatoms. The molecule has 1 amide bonds. The molecule has 1 N–H and O–H groups in total. The predicted octanol–water partition coefficient (Wildman–Crippen LogP) is 5.83. The summed E-state index contributed by atoms with van der Waals surface area (Å²) in [6.07, 6.45) is 0.737. The van der Waals surface area contributed by atoms with Gasteiger partial charge in [-0.1, -0.05) is 36.4 Å². The van der Waals surface area contributed by atoms with Crippen molar-refractivity contribution in [3.63, 3.8) is 0 Å². The van der Waals surface area contributed by atoms with Gasteiger partial charge < -0.3 is 33.9 Å². The largest absolute Gasteiger partial charge is 0.493 e. The Kier molecular flexibility index (Phi) is 12.3. The van der Waals surface area contributed by atoms with Crippen LogP contribution in [-0.2, 0) is 16.1 Å². The summed E-state index contributed by atoms with van der Waals surface area (Å²) in [6, 6.07) is 21.9. The summed E-state index contributed by atoms with van der Waals surface area (Å²) in [4.78, 5) is 15.7. The van der Waals surface area contributed by atoms with Crippen molar-refractivity contribution in [2.24, 2.45) is 5.92 Å². The van der Waals surface area contributed by atoms with Crippen LogP contribution in [-0.4, -0.2) is 76.6 Å². The average molecular weight is 591 g/mol. The predicted molar refractivity (Wildman–Crippen MR) is 169 cm³/mol. The third-order valence-corrected chi connectivity index (χ3v) is 7.64. The van der Waals surface area contributed by atoms with E-state index in [1.54, 1.807) is 32.4 Å². The number of benzene rings is 3. The van der Waals surface area contributed by atoms with Crippen LogP contribution in [0.5, 0.6) is 17.2 Å². The van der Waals surface area contributed by atoms with Gasteiger partial charge in [-0.3, -0.25) is 4.79 Å². The van der Waals surface area contributed by atoms with E-state index in [1.807, 2.05) is 43.9 Å². The number of amides is 1. The first-order valence-corrected chi connectivity index (χ1v) is 15.2. The Morgan fingerprint density at radius 2 is 1.77 bits per heavy atom. The minimum absolute atomic E-state index is 0.0102. The Morgan fingerprint density at radius 1 is 0.930 bits per heavy atom. The number of nitrogens with zero attached hydrogens (tertiary/aromatic N) is 1. The summed E-state index contributed by atoms with van der Waals surface area (Å²) in [5.74, 6) is 2.16. The first-order chi connectivity index (χ1) is 20.9. The fourth-order valence-electron chi connectivity index (χ4n) is 5.36. The number of carbonyl (C=O) groups excluding carboxylic acids is 1. The number of ether oxygens (including phenoxy) is 5. The normalized spacial score (nSPS) is 16.3. The monoisotopic (exact) mass is 590 g/mol. The summed E-state index contributed by atoms with van der Waals surface area (Å²) in [6.45, 7) is 10.4. The molecule has 1 saturated heterocycles. The molecule has 1 heterocycles. The lowest BCUT2D eigenvalue weighted by Gasteiger charge is -2.31. The first-order valence-electron chi connectivity index (χ1n) is 15.2. The van der Waals surface area contributed by atoms with Crippen LogP contribution in [0, 0.1) is 5.92 Å². The minimum atomic E-state index is -0.0364. The molecule has 0 spiro atoms. The third-order valence-electron chi connectivity index (χ3n) is 7.64. The van der Waals surface area contributed by atoms with Crippen LogP contribution in [0.4, 0.5) is 0 Å². The van der Waals surface area contributed by atoms with E-state index >= 15 is 0 Å². The average Bonchev–Trinajstić information content (AvgIpc) is 3.48. The van der Waals surface area contributed by atoms with Gasteiger partial charge in [-0.25, -0.2) is 0 Å². The van der Waals surface area contributed by atoms with E-state index in [1.165, 1.54) is 0 Å². The van der Waals surface area contributed by atoms with Crippen molar-refractivity contribution in [2.75, 3.05) is 53.7 Å². The van der Waals surface area contributed by atoms with Crippen LogP contribution >= 0.6 is 0 Å². The lowest BCUT2D eigenvalue weighted by molar-refractivity contribution is 0.0129. The summed E-state index contributed by atoms with van der Waals surface area (Å²) in [5.41, 5.74) is 3.84. The molecule has 1 aliphatic heterocycles. The summed E-state index contributed by atoms with van der Waals surface area (Å²) in [7, 11) is 3.26. The van der Waals surface area contributed by atoms with E-state index < -0.39 is 0 Å². The first kappa shape index (κ1) is 32.3. The Labute approximate surface area is 256 Å². The van der Waals surface area contributed by atoms with E-state index in [-0.39, 0.29) is 24.0 Å². The number of hydrogen-bond acceptors (Lipinski definition) is 7. The molecule has 1 fully saturated rings. The number of nitrogens with one attached hydrogen (secondary N) is 1. The van der Waals surface area contributed by atoms with Gasteiger partial charge in [0.2, 0.25) is 0 Å². The highest BCUT2D eigenvalue weighted by molar-refractivity contribution is 5.95. The van der Waals surface area contributed by atoms with Gasteiger partial charge in [-0.05, 0) is 62.2 Å². The second-order valence-corrected chi connectivity index (χ2v) is 11.0. The summed E-state index contributed by atoms with van der Waals surface area (Å²) >= 11 is 0. The van der Waals surface area contributed by atoms with E-state index in [4.69, 9.17) is 23.7 Å². The van der Waals surface area contributed by atoms with Gasteiger partial charge in [-0.2, -0.15) is 0 Å². The second-order valence-electron chi connectivity index (χ2n) is 11.0. The molecule has 43 heavy (non-hydrogen) atoms. The fraction of sp³-hybridized carbons (Fsp3) is 0.457. The Morgan fingerprint density at radius 3 is 2.53 bits per heavy atom. The van der Waals surface area contributed by atoms with Crippen LogP contribution in [0.3, 0.4) is 0 Å². The molecule has 8 nitrogen and oxygen atoms in total. The Balaban J connectivity index is 1.42. The highest BCUT2D eigenvalue weighted by atomic mass is 16.5. The number of carbonyl (C=O) groups is 1. The molecule has 0 bridgehead atoms. The zero-order valence-corrected chi connectivity index (χ0v) is 26.1. The fourth-order valence-corrected chi connectivity index (χ4v) is 5.36. The molecule has 3 aromatic carbocycles. The number of hydrogen-bond donors (Lipinski definition) is 1. The van der Waals surface area contributed by atoms with E-state index in [0.717, 1.165) is 42.0 Å². The van der Waals surface area contributed by atoms with Gasteiger partial charge >= 0.3 is 0 Å². The van der Waals surface area contributed by atoms with Gasteiger partial charge in [0.25, 0.3) is 5.91 Å². The Bertz CT molecular complexity index is 1310. The number of methoxy groups -OCH3 is 2. The van der Waals surface area contributed by atoms with Crippen LogP contribution < -0.4 is 19.5 Å². The van der Waals surface area contributed by atoms with Gasteiger partial charge in [0.1, 0.15) is 5.75 Å². The molecule has 1 aliphatic rings. The van der Waals surface area contributed by atoms with Crippen molar-refractivity contribution in [1.82, 2.24) is 10.2 Å². The molecule has 0 aliphatic carbocycles. The molecular formula is C35H46N2O6. The van der Waals surface area contributed by atoms with Gasteiger partial charge in [0.15, 0.2) is 11.5 Å². The maximum absolute atomic E-state index is 13.8. The minimum Gasteiger partial charge on any atom is -0.493 e. The second kappa shape index (κ2) is 16.3. The molecule has 0 saturated carbocycles. The molecule has 3 aromatic rings. The van der Waals surface area contributed by atoms with E-state index in [0.29, 0.717) is 50.0 Å². The zero-order valence-electron chi connectivity index (χ0n) is 26.1. The van der Waals surface area contributed by atoms with E-state index in [9.17, 15) is 4.79 Å².